The SMILES string of the molecule is CN(Cc1cc(Br)cs1)C(=O)C(C)(C)C(C)(C)N. The van der Waals surface area contributed by atoms with Crippen molar-refractivity contribution in [2.75, 3.05) is 7.05 Å². The summed E-state index contributed by atoms with van der Waals surface area (Å²) in [5.74, 6) is 0.0690. The van der Waals surface area contributed by atoms with E-state index in [0.29, 0.717) is 6.54 Å². The zero-order chi connectivity index (χ0) is 14.1. The molecule has 0 radical (unpaired) electrons. The highest BCUT2D eigenvalue weighted by Gasteiger charge is 2.41. The van der Waals surface area contributed by atoms with Gasteiger partial charge in [-0.2, -0.15) is 0 Å². The Labute approximate surface area is 121 Å². The first-order chi connectivity index (χ1) is 8.05. The molecule has 0 bridgehead atoms. The number of amides is 1. The van der Waals surface area contributed by atoms with Crippen LogP contribution in [0.1, 0.15) is 32.6 Å². The van der Waals surface area contributed by atoms with Gasteiger partial charge < -0.3 is 10.6 Å². The molecule has 0 atom stereocenters. The molecule has 0 aliphatic heterocycles. The molecule has 1 aromatic heterocycles. The number of thiophene rings is 1. The standard InChI is InChI=1S/C13H21BrN2OS/c1-12(2,13(3,4)15)11(17)16(5)7-10-6-9(14)8-18-10/h6,8H,7,15H2,1-5H3. The molecule has 0 aliphatic carbocycles. The minimum atomic E-state index is -0.587. The van der Waals surface area contributed by atoms with Gasteiger partial charge in [-0.15, -0.1) is 11.3 Å². The van der Waals surface area contributed by atoms with Crippen LogP contribution in [0.4, 0.5) is 0 Å². The molecular formula is C13H21BrN2OS. The van der Waals surface area contributed by atoms with Gasteiger partial charge in [0.05, 0.1) is 12.0 Å². The summed E-state index contributed by atoms with van der Waals surface area (Å²) in [4.78, 5) is 15.4. The molecular weight excluding hydrogens is 312 g/mol. The van der Waals surface area contributed by atoms with Crippen LogP contribution in [-0.4, -0.2) is 23.4 Å². The van der Waals surface area contributed by atoms with Gasteiger partial charge in [0.25, 0.3) is 0 Å². The lowest BCUT2D eigenvalue weighted by molar-refractivity contribution is -0.142. The third-order valence-corrected chi connectivity index (χ3v) is 5.19. The summed E-state index contributed by atoms with van der Waals surface area (Å²) in [6.07, 6.45) is 0. The van der Waals surface area contributed by atoms with Crippen molar-refractivity contribution in [1.82, 2.24) is 4.90 Å². The second-order valence-electron chi connectivity index (χ2n) is 5.74. The van der Waals surface area contributed by atoms with Gasteiger partial charge in [-0.3, -0.25) is 4.79 Å². The van der Waals surface area contributed by atoms with E-state index in [9.17, 15) is 4.79 Å². The van der Waals surface area contributed by atoms with E-state index in [4.69, 9.17) is 5.73 Å². The lowest BCUT2D eigenvalue weighted by atomic mass is 9.74. The van der Waals surface area contributed by atoms with Crippen LogP contribution in [0.15, 0.2) is 15.9 Å². The molecule has 0 fully saturated rings. The fourth-order valence-electron chi connectivity index (χ4n) is 1.50. The largest absolute Gasteiger partial charge is 0.340 e. The highest BCUT2D eigenvalue weighted by molar-refractivity contribution is 9.10. The highest BCUT2D eigenvalue weighted by atomic mass is 79.9. The third-order valence-electron chi connectivity index (χ3n) is 3.51. The number of halogens is 1. The molecule has 0 saturated carbocycles. The molecule has 0 aliphatic rings. The van der Waals surface area contributed by atoms with Crippen LogP contribution in [0, 0.1) is 5.41 Å². The number of nitrogens with two attached hydrogens (primary N) is 1. The summed E-state index contributed by atoms with van der Waals surface area (Å²) in [6.45, 7) is 8.20. The summed E-state index contributed by atoms with van der Waals surface area (Å²) in [5.41, 5.74) is 4.96. The summed E-state index contributed by atoms with van der Waals surface area (Å²) in [6, 6.07) is 2.04. The van der Waals surface area contributed by atoms with E-state index in [1.54, 1.807) is 16.2 Å². The molecule has 0 aromatic carbocycles. The topological polar surface area (TPSA) is 46.3 Å². The first-order valence-corrected chi connectivity index (χ1v) is 7.50. The van der Waals surface area contributed by atoms with Crippen LogP contribution in [0.25, 0.3) is 0 Å². The Hall–Kier alpha value is -0.390. The highest BCUT2D eigenvalue weighted by Crippen LogP contribution is 2.31. The first-order valence-electron chi connectivity index (χ1n) is 5.83. The number of nitrogens with zero attached hydrogens (tertiary/aromatic N) is 1. The van der Waals surface area contributed by atoms with E-state index in [1.807, 2.05) is 46.2 Å². The van der Waals surface area contributed by atoms with Crippen molar-refractivity contribution in [3.8, 4) is 0 Å². The zero-order valence-electron chi connectivity index (χ0n) is 11.6. The van der Waals surface area contributed by atoms with Crippen molar-refractivity contribution in [2.24, 2.45) is 11.1 Å². The van der Waals surface area contributed by atoms with Gasteiger partial charge >= 0.3 is 0 Å². The maximum Gasteiger partial charge on any atom is 0.230 e. The normalized spacial score (nSPS) is 12.6. The van der Waals surface area contributed by atoms with Crippen molar-refractivity contribution in [3.63, 3.8) is 0 Å². The van der Waals surface area contributed by atoms with E-state index < -0.39 is 11.0 Å². The van der Waals surface area contributed by atoms with E-state index in [1.165, 1.54) is 0 Å². The fourth-order valence-corrected chi connectivity index (χ4v) is 3.00. The Morgan fingerprint density at radius 2 is 2.00 bits per heavy atom. The second kappa shape index (κ2) is 5.31. The Balaban J connectivity index is 2.79. The smallest absolute Gasteiger partial charge is 0.230 e. The zero-order valence-corrected chi connectivity index (χ0v) is 14.0. The minimum Gasteiger partial charge on any atom is -0.340 e. The van der Waals surface area contributed by atoms with Gasteiger partial charge in [0.1, 0.15) is 0 Å². The maximum absolute atomic E-state index is 12.5. The fraction of sp³-hybridized carbons (Fsp3) is 0.615. The molecule has 0 unspecified atom stereocenters. The molecule has 1 heterocycles. The van der Waals surface area contributed by atoms with Crippen LogP contribution in [-0.2, 0) is 11.3 Å². The predicted molar refractivity (Wildman–Crippen MR) is 80.5 cm³/mol. The van der Waals surface area contributed by atoms with Crippen LogP contribution in [0.2, 0.25) is 0 Å². The van der Waals surface area contributed by atoms with Crippen molar-refractivity contribution >= 4 is 33.2 Å². The minimum absolute atomic E-state index is 0.0690. The van der Waals surface area contributed by atoms with E-state index >= 15 is 0 Å². The van der Waals surface area contributed by atoms with Crippen molar-refractivity contribution in [3.05, 3.63) is 20.8 Å². The average Bonchev–Trinajstić information content (AvgIpc) is 2.61. The average molecular weight is 333 g/mol. The number of carbonyl (C=O) groups is 1. The van der Waals surface area contributed by atoms with Gasteiger partial charge in [-0.05, 0) is 49.7 Å². The Morgan fingerprint density at radius 1 is 1.44 bits per heavy atom. The quantitative estimate of drug-likeness (QED) is 0.919. The molecule has 18 heavy (non-hydrogen) atoms. The third kappa shape index (κ3) is 3.33. The molecule has 1 amide bonds. The number of carbonyl (C=O) groups excluding carboxylic acids is 1. The summed E-state index contributed by atoms with van der Waals surface area (Å²) < 4.78 is 1.06. The molecule has 1 rings (SSSR count). The molecule has 5 heteroatoms. The maximum atomic E-state index is 12.5. The lowest BCUT2D eigenvalue weighted by Crippen LogP contribution is -2.55. The van der Waals surface area contributed by atoms with Crippen LogP contribution < -0.4 is 5.73 Å². The number of rotatable bonds is 4. The van der Waals surface area contributed by atoms with Crippen molar-refractivity contribution < 1.29 is 4.79 Å². The van der Waals surface area contributed by atoms with E-state index in [0.717, 1.165) is 9.35 Å². The number of hydrogen-bond acceptors (Lipinski definition) is 3. The van der Waals surface area contributed by atoms with Crippen molar-refractivity contribution in [2.45, 2.75) is 39.8 Å². The van der Waals surface area contributed by atoms with Gasteiger partial charge in [0.15, 0.2) is 0 Å². The predicted octanol–water partition coefficient (Wildman–Crippen LogP) is 3.23. The summed E-state index contributed by atoms with van der Waals surface area (Å²) in [7, 11) is 1.82. The van der Waals surface area contributed by atoms with Gasteiger partial charge in [-0.1, -0.05) is 0 Å². The Morgan fingerprint density at radius 3 is 2.39 bits per heavy atom. The van der Waals surface area contributed by atoms with Crippen LogP contribution >= 0.6 is 27.3 Å². The molecule has 102 valence electrons. The summed E-state index contributed by atoms with van der Waals surface area (Å²) >= 11 is 5.06. The molecule has 1 aromatic rings. The number of hydrogen-bond donors (Lipinski definition) is 1. The lowest BCUT2D eigenvalue weighted by Gasteiger charge is -2.39. The van der Waals surface area contributed by atoms with Gasteiger partial charge in [0.2, 0.25) is 5.91 Å². The van der Waals surface area contributed by atoms with Gasteiger partial charge in [0, 0.05) is 27.3 Å². The second-order valence-corrected chi connectivity index (χ2v) is 7.65. The van der Waals surface area contributed by atoms with Crippen LogP contribution in [0.5, 0.6) is 0 Å². The van der Waals surface area contributed by atoms with E-state index in [2.05, 4.69) is 15.9 Å². The van der Waals surface area contributed by atoms with Crippen LogP contribution in [0.3, 0.4) is 0 Å². The Bertz CT molecular complexity index is 434. The summed E-state index contributed by atoms with van der Waals surface area (Å²) in [5, 5.41) is 2.02. The molecule has 0 saturated heterocycles. The molecule has 3 nitrogen and oxygen atoms in total. The molecule has 0 spiro atoms. The monoisotopic (exact) mass is 332 g/mol. The molecule has 2 N–H and O–H groups in total. The van der Waals surface area contributed by atoms with E-state index in [-0.39, 0.29) is 5.91 Å². The Kier molecular flexibility index (Phi) is 4.62. The first kappa shape index (κ1) is 15.7. The van der Waals surface area contributed by atoms with Gasteiger partial charge in [-0.25, -0.2) is 0 Å². The van der Waals surface area contributed by atoms with Crippen molar-refractivity contribution in [1.29, 1.82) is 0 Å².